The summed E-state index contributed by atoms with van der Waals surface area (Å²) in [5.41, 5.74) is 0. The van der Waals surface area contributed by atoms with Crippen molar-refractivity contribution in [1.29, 1.82) is 0 Å². The zero-order chi connectivity index (χ0) is 11.9. The van der Waals surface area contributed by atoms with E-state index in [-0.39, 0.29) is 51.4 Å². The van der Waals surface area contributed by atoms with Crippen molar-refractivity contribution in [2.24, 2.45) is 0 Å². The number of carboxylic acid groups (broad SMARTS) is 2. The largest absolute Gasteiger partial charge is 1.00 e. The van der Waals surface area contributed by atoms with Gasteiger partial charge < -0.3 is 29.4 Å². The van der Waals surface area contributed by atoms with Crippen molar-refractivity contribution in [1.82, 2.24) is 0 Å². The third kappa shape index (κ3) is 31.4. The summed E-state index contributed by atoms with van der Waals surface area (Å²) in [5, 5.41) is 27.3. The van der Waals surface area contributed by atoms with Crippen LogP contribution in [0, 0.1) is 0 Å². The number of aliphatic carboxylic acids is 2. The molecule has 1 N–H and O–H groups in total. The van der Waals surface area contributed by atoms with Crippen molar-refractivity contribution >= 4 is 11.9 Å². The van der Waals surface area contributed by atoms with Gasteiger partial charge in [0.25, 0.3) is 0 Å². The molecule has 84 valence electrons. The Bertz CT molecular complexity index is 196. The van der Waals surface area contributed by atoms with Gasteiger partial charge >= 0.3 is 51.4 Å². The first-order valence-electron chi connectivity index (χ1n) is 3.91. The normalized spacial score (nSPS) is 11.5. The minimum Gasteiger partial charge on any atom is -0.550 e. The third-order valence-electron chi connectivity index (χ3n) is 0.632. The van der Waals surface area contributed by atoms with Gasteiger partial charge in [0.05, 0.1) is 40.3 Å². The van der Waals surface area contributed by atoms with E-state index in [4.69, 9.17) is 5.11 Å². The average Bonchev–Trinajstić information content (AvgIpc) is 1.80. The number of hydrogen-bond donors (Lipinski definition) is 1. The second-order valence-corrected chi connectivity index (χ2v) is 4.09. The zero-order valence-electron chi connectivity index (χ0n) is 9.81. The molecule has 0 aliphatic heterocycles. The molecule has 1 atom stereocenters. The number of carbonyl (C=O) groups excluding carboxylic acids is 2. The van der Waals surface area contributed by atoms with Gasteiger partial charge in [-0.1, -0.05) is 0 Å². The van der Waals surface area contributed by atoms with Crippen LogP contribution in [0.15, 0.2) is 0 Å². The van der Waals surface area contributed by atoms with Crippen LogP contribution >= 0.6 is 0 Å². The van der Waals surface area contributed by atoms with Gasteiger partial charge in [-0.2, -0.15) is 0 Å². The summed E-state index contributed by atoms with van der Waals surface area (Å²) in [7, 11) is 8.50. The molecule has 0 aromatic heterocycles. The monoisotopic (exact) mass is 245 g/mol. The van der Waals surface area contributed by atoms with Gasteiger partial charge in [0.1, 0.15) is 0 Å². The zero-order valence-corrected chi connectivity index (χ0v) is 12.9. The third-order valence-corrected chi connectivity index (χ3v) is 0.632. The van der Waals surface area contributed by atoms with Crippen molar-refractivity contribution in [3.63, 3.8) is 0 Å². The maximum atomic E-state index is 9.58. The SMILES string of the molecule is C[N+](C)(C)C.O=C([O-])CC(O)C(=O)[O-].[K+]. The van der Waals surface area contributed by atoms with E-state index in [1.165, 1.54) is 0 Å². The number of aliphatic hydroxyl groups excluding tert-OH is 1. The Morgan fingerprint density at radius 1 is 1.20 bits per heavy atom. The molecule has 7 heteroatoms. The molecule has 0 heterocycles. The minimum atomic E-state index is -1.96. The molecule has 0 aromatic rings. The molecule has 0 fully saturated rings. The van der Waals surface area contributed by atoms with Crippen LogP contribution in [0.1, 0.15) is 6.42 Å². The number of quaternary nitrogens is 1. The molecule has 0 saturated carbocycles. The molecular weight excluding hydrogens is 229 g/mol. The maximum absolute atomic E-state index is 9.58. The van der Waals surface area contributed by atoms with Crippen LogP contribution in [0.4, 0.5) is 0 Å². The molecule has 0 saturated heterocycles. The summed E-state index contributed by atoms with van der Waals surface area (Å²) in [5.74, 6) is -3.43. The predicted molar refractivity (Wildman–Crippen MR) is 44.6 cm³/mol. The molecule has 0 aliphatic rings. The summed E-state index contributed by atoms with van der Waals surface area (Å²) >= 11 is 0. The minimum absolute atomic E-state index is 0. The Kier molecular flexibility index (Phi) is 13.5. The Morgan fingerprint density at radius 2 is 1.47 bits per heavy atom. The molecule has 0 spiro atoms. The van der Waals surface area contributed by atoms with Gasteiger partial charge in [-0.05, 0) is 0 Å². The van der Waals surface area contributed by atoms with Crippen molar-refractivity contribution in [3.8, 4) is 0 Å². The molecule has 1 unspecified atom stereocenters. The molecular formula is C8H16KNO5. The van der Waals surface area contributed by atoms with Crippen LogP contribution in [0.25, 0.3) is 0 Å². The molecule has 0 amide bonds. The smallest absolute Gasteiger partial charge is 0.550 e. The summed E-state index contributed by atoms with van der Waals surface area (Å²) < 4.78 is 1.00. The number of carboxylic acids is 2. The van der Waals surface area contributed by atoms with Crippen LogP contribution in [-0.4, -0.2) is 55.8 Å². The first-order chi connectivity index (χ1) is 6.04. The van der Waals surface area contributed by atoms with Crippen LogP contribution in [0.5, 0.6) is 0 Å². The van der Waals surface area contributed by atoms with Crippen molar-refractivity contribution < 1.29 is 80.8 Å². The van der Waals surface area contributed by atoms with Gasteiger partial charge in [0.15, 0.2) is 0 Å². The van der Waals surface area contributed by atoms with E-state index in [0.717, 1.165) is 4.48 Å². The topological polar surface area (TPSA) is 100 Å². The first-order valence-corrected chi connectivity index (χ1v) is 3.91. The van der Waals surface area contributed by atoms with Gasteiger partial charge in [-0.15, -0.1) is 0 Å². The molecule has 0 aliphatic carbocycles. The van der Waals surface area contributed by atoms with Gasteiger partial charge in [0.2, 0.25) is 0 Å². The van der Waals surface area contributed by atoms with Gasteiger partial charge in [-0.3, -0.25) is 0 Å². The quantitative estimate of drug-likeness (QED) is 0.394. The predicted octanol–water partition coefficient (Wildman–Crippen LogP) is -6.44. The van der Waals surface area contributed by atoms with Crippen molar-refractivity contribution in [2.45, 2.75) is 12.5 Å². The second-order valence-electron chi connectivity index (χ2n) is 4.09. The number of aliphatic hydroxyl groups is 1. The molecule has 6 nitrogen and oxygen atoms in total. The van der Waals surface area contributed by atoms with Gasteiger partial charge in [0, 0.05) is 12.4 Å². The second kappa shape index (κ2) is 9.70. The van der Waals surface area contributed by atoms with E-state index in [9.17, 15) is 19.8 Å². The summed E-state index contributed by atoms with van der Waals surface area (Å²) in [4.78, 5) is 19.1. The van der Waals surface area contributed by atoms with E-state index in [1.54, 1.807) is 0 Å². The fourth-order valence-electron chi connectivity index (χ4n) is 0.241. The first kappa shape index (κ1) is 20.9. The summed E-state index contributed by atoms with van der Waals surface area (Å²) in [6.07, 6.45) is -2.89. The number of rotatable bonds is 3. The summed E-state index contributed by atoms with van der Waals surface area (Å²) in [6, 6.07) is 0. The average molecular weight is 245 g/mol. The molecule has 0 aromatic carbocycles. The standard InChI is InChI=1S/C4H12N.C4H6O5.K/c1-5(2,3)4;5-2(4(8)9)1-3(6)7;/h1-4H3;2,5H,1H2,(H,6,7)(H,8,9);/q+1;;+1/p-2. The van der Waals surface area contributed by atoms with Crippen molar-refractivity contribution in [3.05, 3.63) is 0 Å². The Hall–Kier alpha value is 0.496. The van der Waals surface area contributed by atoms with E-state index in [0.29, 0.717) is 0 Å². The van der Waals surface area contributed by atoms with E-state index < -0.39 is 24.5 Å². The van der Waals surface area contributed by atoms with E-state index in [2.05, 4.69) is 28.2 Å². The van der Waals surface area contributed by atoms with Crippen molar-refractivity contribution in [2.75, 3.05) is 28.2 Å². The van der Waals surface area contributed by atoms with E-state index in [1.807, 2.05) is 0 Å². The number of nitrogens with zero attached hydrogens (tertiary/aromatic N) is 1. The fraction of sp³-hybridized carbons (Fsp3) is 0.750. The molecule has 15 heavy (non-hydrogen) atoms. The summed E-state index contributed by atoms with van der Waals surface area (Å²) in [6.45, 7) is 0. The number of hydrogen-bond acceptors (Lipinski definition) is 5. The molecule has 0 radical (unpaired) electrons. The van der Waals surface area contributed by atoms with Gasteiger partial charge in [-0.25, -0.2) is 0 Å². The van der Waals surface area contributed by atoms with Crippen LogP contribution in [0.3, 0.4) is 0 Å². The van der Waals surface area contributed by atoms with E-state index >= 15 is 0 Å². The Morgan fingerprint density at radius 3 is 1.53 bits per heavy atom. The molecule has 0 bridgehead atoms. The number of carbonyl (C=O) groups is 2. The Labute approximate surface area is 132 Å². The van der Waals surface area contributed by atoms with Crippen LogP contribution < -0.4 is 61.6 Å². The molecule has 0 rings (SSSR count). The fourth-order valence-corrected chi connectivity index (χ4v) is 0.241. The maximum Gasteiger partial charge on any atom is 1.00 e. The Balaban J connectivity index is -0.000000208. The van der Waals surface area contributed by atoms with Crippen LogP contribution in [0.2, 0.25) is 0 Å². The van der Waals surface area contributed by atoms with Crippen LogP contribution in [-0.2, 0) is 9.59 Å².